The van der Waals surface area contributed by atoms with E-state index in [0.29, 0.717) is 15.8 Å². The van der Waals surface area contributed by atoms with E-state index in [9.17, 15) is 0 Å². The van der Waals surface area contributed by atoms with Gasteiger partial charge in [0.1, 0.15) is 11.5 Å². The average molecular weight is 283 g/mol. The summed E-state index contributed by atoms with van der Waals surface area (Å²) in [4.78, 5) is 0. The largest absolute Gasteiger partial charge is 0.457 e. The second-order valence-electron chi connectivity index (χ2n) is 3.47. The highest BCUT2D eigenvalue weighted by atomic mass is 35.5. The molecule has 0 saturated carbocycles. The van der Waals surface area contributed by atoms with Gasteiger partial charge in [0, 0.05) is 10.0 Å². The van der Waals surface area contributed by atoms with Gasteiger partial charge in [-0.3, -0.25) is 0 Å². The number of hydrogen-bond donors (Lipinski definition) is 0. The van der Waals surface area contributed by atoms with Crippen LogP contribution in [0, 0.1) is 6.92 Å². The van der Waals surface area contributed by atoms with E-state index < -0.39 is 0 Å². The number of ether oxygens (including phenoxy) is 1. The van der Waals surface area contributed by atoms with E-state index in [-0.39, 0.29) is 0 Å². The molecule has 0 atom stereocenters. The SMILES string of the molecule is CC.Cc1ccc(Cl)cc1Oc1cccc(Cl)c1. The number of rotatable bonds is 2. The van der Waals surface area contributed by atoms with Gasteiger partial charge in [0.25, 0.3) is 0 Å². The topological polar surface area (TPSA) is 9.23 Å². The summed E-state index contributed by atoms with van der Waals surface area (Å²) in [6.07, 6.45) is 0. The fourth-order valence-electron chi connectivity index (χ4n) is 1.34. The number of aryl methyl sites for hydroxylation is 1. The Balaban J connectivity index is 0.000000771. The first-order valence-electron chi connectivity index (χ1n) is 5.85. The Kier molecular flexibility index (Phi) is 6.03. The third-order valence-corrected chi connectivity index (χ3v) is 2.64. The Morgan fingerprint density at radius 1 is 0.889 bits per heavy atom. The minimum atomic E-state index is 0.650. The number of benzene rings is 2. The summed E-state index contributed by atoms with van der Waals surface area (Å²) in [6.45, 7) is 5.97. The van der Waals surface area contributed by atoms with Gasteiger partial charge in [0.15, 0.2) is 0 Å². The van der Waals surface area contributed by atoms with Crippen molar-refractivity contribution in [1.82, 2.24) is 0 Å². The molecule has 3 heteroatoms. The lowest BCUT2D eigenvalue weighted by molar-refractivity contribution is 0.479. The van der Waals surface area contributed by atoms with Gasteiger partial charge in [-0.25, -0.2) is 0 Å². The molecule has 1 nitrogen and oxygen atoms in total. The highest BCUT2D eigenvalue weighted by Crippen LogP contribution is 2.28. The Morgan fingerprint density at radius 3 is 2.22 bits per heavy atom. The van der Waals surface area contributed by atoms with Gasteiger partial charge in [0.2, 0.25) is 0 Å². The summed E-state index contributed by atoms with van der Waals surface area (Å²) in [6, 6.07) is 12.8. The van der Waals surface area contributed by atoms with Crippen LogP contribution in [0.15, 0.2) is 42.5 Å². The number of hydrogen-bond acceptors (Lipinski definition) is 1. The van der Waals surface area contributed by atoms with E-state index in [2.05, 4.69) is 0 Å². The second-order valence-corrected chi connectivity index (χ2v) is 4.34. The third-order valence-electron chi connectivity index (χ3n) is 2.17. The highest BCUT2D eigenvalue weighted by molar-refractivity contribution is 6.31. The summed E-state index contributed by atoms with van der Waals surface area (Å²) in [5.41, 5.74) is 1.03. The minimum Gasteiger partial charge on any atom is -0.457 e. The van der Waals surface area contributed by atoms with Crippen LogP contribution in [0.1, 0.15) is 19.4 Å². The van der Waals surface area contributed by atoms with E-state index in [1.54, 1.807) is 18.2 Å². The first kappa shape index (κ1) is 14.9. The van der Waals surface area contributed by atoms with Crippen molar-refractivity contribution in [1.29, 1.82) is 0 Å². The number of halogens is 2. The molecule has 0 bridgehead atoms. The Bertz CT molecular complexity index is 510. The van der Waals surface area contributed by atoms with Crippen molar-refractivity contribution in [2.45, 2.75) is 20.8 Å². The maximum atomic E-state index is 5.91. The molecule has 2 aromatic rings. The van der Waals surface area contributed by atoms with Crippen LogP contribution < -0.4 is 4.74 Å². The van der Waals surface area contributed by atoms with E-state index >= 15 is 0 Å². The maximum Gasteiger partial charge on any atom is 0.131 e. The first-order valence-corrected chi connectivity index (χ1v) is 6.60. The molecule has 0 amide bonds. The van der Waals surface area contributed by atoms with Crippen molar-refractivity contribution >= 4 is 23.2 Å². The Labute approximate surface area is 118 Å². The third kappa shape index (κ3) is 4.25. The normalized spacial score (nSPS) is 9.39. The van der Waals surface area contributed by atoms with Crippen LogP contribution in [0.25, 0.3) is 0 Å². The minimum absolute atomic E-state index is 0.650. The lowest BCUT2D eigenvalue weighted by Gasteiger charge is -2.09. The van der Waals surface area contributed by atoms with Crippen LogP contribution in [0.3, 0.4) is 0 Å². The summed E-state index contributed by atoms with van der Waals surface area (Å²) in [7, 11) is 0. The van der Waals surface area contributed by atoms with Crippen molar-refractivity contribution in [2.24, 2.45) is 0 Å². The van der Waals surface area contributed by atoms with Crippen LogP contribution in [-0.4, -0.2) is 0 Å². The van der Waals surface area contributed by atoms with Gasteiger partial charge in [-0.2, -0.15) is 0 Å². The summed E-state index contributed by atoms with van der Waals surface area (Å²) in [5, 5.41) is 1.31. The van der Waals surface area contributed by atoms with Crippen LogP contribution in [-0.2, 0) is 0 Å². The quantitative estimate of drug-likeness (QED) is 0.645. The van der Waals surface area contributed by atoms with E-state index in [0.717, 1.165) is 11.3 Å². The van der Waals surface area contributed by atoms with Crippen molar-refractivity contribution in [3.63, 3.8) is 0 Å². The van der Waals surface area contributed by atoms with E-state index in [1.807, 2.05) is 45.0 Å². The van der Waals surface area contributed by atoms with Crippen molar-refractivity contribution in [2.75, 3.05) is 0 Å². The lowest BCUT2D eigenvalue weighted by Crippen LogP contribution is -1.87. The van der Waals surface area contributed by atoms with Crippen LogP contribution in [0.4, 0.5) is 0 Å². The molecular weight excluding hydrogens is 267 g/mol. The Hall–Kier alpha value is -1.18. The van der Waals surface area contributed by atoms with Gasteiger partial charge < -0.3 is 4.74 Å². The van der Waals surface area contributed by atoms with Gasteiger partial charge in [0.05, 0.1) is 0 Å². The van der Waals surface area contributed by atoms with E-state index in [1.165, 1.54) is 0 Å². The monoisotopic (exact) mass is 282 g/mol. The van der Waals surface area contributed by atoms with Crippen LogP contribution in [0.5, 0.6) is 11.5 Å². The highest BCUT2D eigenvalue weighted by Gasteiger charge is 2.02. The van der Waals surface area contributed by atoms with Crippen LogP contribution >= 0.6 is 23.2 Å². The molecule has 0 aliphatic heterocycles. The average Bonchev–Trinajstić information content (AvgIpc) is 2.36. The molecule has 0 aromatic heterocycles. The fraction of sp³-hybridized carbons (Fsp3) is 0.200. The molecule has 0 aliphatic carbocycles. The standard InChI is InChI=1S/C13H10Cl2O.C2H6/c1-9-5-6-11(15)8-13(9)16-12-4-2-3-10(14)7-12;1-2/h2-8H,1H3;1-2H3. The molecule has 2 rings (SSSR count). The molecular formula is C15H16Cl2O. The van der Waals surface area contributed by atoms with Gasteiger partial charge >= 0.3 is 0 Å². The smallest absolute Gasteiger partial charge is 0.131 e. The van der Waals surface area contributed by atoms with Crippen LogP contribution in [0.2, 0.25) is 10.0 Å². The van der Waals surface area contributed by atoms with Gasteiger partial charge in [-0.05, 0) is 42.8 Å². The molecule has 0 fully saturated rings. The predicted molar refractivity (Wildman–Crippen MR) is 79.1 cm³/mol. The summed E-state index contributed by atoms with van der Waals surface area (Å²) < 4.78 is 5.70. The molecule has 0 N–H and O–H groups in total. The summed E-state index contributed by atoms with van der Waals surface area (Å²) >= 11 is 11.8. The molecule has 18 heavy (non-hydrogen) atoms. The maximum absolute atomic E-state index is 5.91. The molecule has 0 aliphatic rings. The summed E-state index contributed by atoms with van der Waals surface area (Å²) in [5.74, 6) is 1.45. The van der Waals surface area contributed by atoms with Crippen molar-refractivity contribution in [3.05, 3.63) is 58.1 Å². The zero-order valence-electron chi connectivity index (χ0n) is 10.7. The zero-order valence-corrected chi connectivity index (χ0v) is 12.2. The second kappa shape index (κ2) is 7.30. The van der Waals surface area contributed by atoms with Gasteiger partial charge in [-0.15, -0.1) is 0 Å². The zero-order chi connectivity index (χ0) is 13.5. The molecule has 0 saturated heterocycles. The van der Waals surface area contributed by atoms with Crippen molar-refractivity contribution < 1.29 is 4.74 Å². The molecule has 0 spiro atoms. The predicted octanol–water partition coefficient (Wildman–Crippen LogP) is 6.12. The van der Waals surface area contributed by atoms with Gasteiger partial charge in [-0.1, -0.05) is 49.2 Å². The molecule has 96 valence electrons. The molecule has 0 unspecified atom stereocenters. The molecule has 0 radical (unpaired) electrons. The van der Waals surface area contributed by atoms with E-state index in [4.69, 9.17) is 27.9 Å². The molecule has 0 heterocycles. The lowest BCUT2D eigenvalue weighted by atomic mass is 10.2. The van der Waals surface area contributed by atoms with Crippen molar-refractivity contribution in [3.8, 4) is 11.5 Å². The Morgan fingerprint density at radius 2 is 1.56 bits per heavy atom. The molecule has 2 aromatic carbocycles. The first-order chi connectivity index (χ1) is 8.65. The fourth-order valence-corrected chi connectivity index (χ4v) is 1.68.